The maximum atomic E-state index is 13.0. The first kappa shape index (κ1) is 20.7. The molecule has 9 heteroatoms. The van der Waals surface area contributed by atoms with Crippen molar-refractivity contribution in [3.63, 3.8) is 0 Å². The third kappa shape index (κ3) is 3.91. The number of hydrazine groups is 1. The summed E-state index contributed by atoms with van der Waals surface area (Å²) in [5.74, 6) is 0.496. The zero-order valence-corrected chi connectivity index (χ0v) is 18.3. The molecule has 0 bridgehead atoms. The lowest BCUT2D eigenvalue weighted by Gasteiger charge is -2.37. The van der Waals surface area contributed by atoms with E-state index in [-0.39, 0.29) is 29.3 Å². The second-order valence-electron chi connectivity index (χ2n) is 7.68. The lowest BCUT2D eigenvalue weighted by molar-refractivity contribution is -0.129. The van der Waals surface area contributed by atoms with Crippen LogP contribution in [-0.4, -0.2) is 52.4 Å². The number of fused-ring (bicyclic) bond motifs is 1. The predicted molar refractivity (Wildman–Crippen MR) is 120 cm³/mol. The molecule has 1 aromatic carbocycles. The molecule has 4 atom stereocenters. The Labute approximate surface area is 180 Å². The van der Waals surface area contributed by atoms with E-state index in [0.29, 0.717) is 22.4 Å². The first-order valence-electron chi connectivity index (χ1n) is 10.2. The molecule has 156 valence electrons. The van der Waals surface area contributed by atoms with Gasteiger partial charge in [0.2, 0.25) is 5.91 Å². The van der Waals surface area contributed by atoms with Gasteiger partial charge < -0.3 is 4.90 Å². The third-order valence-corrected chi connectivity index (χ3v) is 7.38. The number of para-hydroxylation sites is 1. The number of halogens is 1. The van der Waals surface area contributed by atoms with Crippen LogP contribution in [0.5, 0.6) is 0 Å². The molecule has 3 aliphatic rings. The van der Waals surface area contributed by atoms with Gasteiger partial charge >= 0.3 is 0 Å². The van der Waals surface area contributed by atoms with Gasteiger partial charge in [-0.1, -0.05) is 42.4 Å². The van der Waals surface area contributed by atoms with E-state index in [1.165, 1.54) is 11.8 Å². The monoisotopic (exact) mass is 434 g/mol. The van der Waals surface area contributed by atoms with Crippen molar-refractivity contribution in [2.45, 2.75) is 50.6 Å². The fourth-order valence-electron chi connectivity index (χ4n) is 4.12. The number of aliphatic imine (C=N–C) groups is 1. The van der Waals surface area contributed by atoms with Crippen molar-refractivity contribution in [3.8, 4) is 0 Å². The Morgan fingerprint density at radius 2 is 2.07 bits per heavy atom. The molecule has 29 heavy (non-hydrogen) atoms. The molecule has 3 heterocycles. The summed E-state index contributed by atoms with van der Waals surface area (Å²) in [4.78, 5) is 21.7. The molecule has 0 aliphatic carbocycles. The number of carbonyl (C=O) groups excluding carboxylic acids is 1. The van der Waals surface area contributed by atoms with Gasteiger partial charge in [0.05, 0.1) is 21.9 Å². The van der Waals surface area contributed by atoms with Crippen LogP contribution in [0.15, 0.2) is 29.3 Å². The minimum absolute atomic E-state index is 0.0704. The van der Waals surface area contributed by atoms with E-state index in [0.717, 1.165) is 31.6 Å². The van der Waals surface area contributed by atoms with Gasteiger partial charge in [-0.2, -0.15) is 0 Å². The zero-order valence-electron chi connectivity index (χ0n) is 16.7. The number of anilines is 1. The van der Waals surface area contributed by atoms with Gasteiger partial charge in [-0.25, -0.2) is 10.4 Å². The first-order valence-corrected chi connectivity index (χ1v) is 11.4. The largest absolute Gasteiger partial charge is 0.342 e. The van der Waals surface area contributed by atoms with Crippen molar-refractivity contribution in [2.75, 3.05) is 18.0 Å². The fourth-order valence-corrected chi connectivity index (χ4v) is 5.49. The molecular weight excluding hydrogens is 408 g/mol. The van der Waals surface area contributed by atoms with Crippen molar-refractivity contribution < 1.29 is 4.79 Å². The summed E-state index contributed by atoms with van der Waals surface area (Å²) in [5, 5.41) is 9.92. The van der Waals surface area contributed by atoms with Gasteiger partial charge in [0, 0.05) is 19.1 Å². The molecule has 0 radical (unpaired) electrons. The van der Waals surface area contributed by atoms with E-state index >= 15 is 0 Å². The number of thioether (sulfide) groups is 1. The van der Waals surface area contributed by atoms with Crippen LogP contribution in [0.3, 0.4) is 0 Å². The molecule has 3 aliphatic heterocycles. The van der Waals surface area contributed by atoms with Crippen LogP contribution in [0.2, 0.25) is 5.02 Å². The second-order valence-corrected chi connectivity index (χ2v) is 9.26. The number of amidine groups is 2. The number of hydrogen-bond donors (Lipinski definition) is 3. The number of nitrogens with zero attached hydrogens (tertiary/aromatic N) is 3. The van der Waals surface area contributed by atoms with Crippen LogP contribution < -0.4 is 15.8 Å². The van der Waals surface area contributed by atoms with Gasteiger partial charge in [-0.05, 0) is 38.3 Å². The van der Waals surface area contributed by atoms with Gasteiger partial charge in [-0.3, -0.25) is 20.5 Å². The highest BCUT2D eigenvalue weighted by molar-refractivity contribution is 8.15. The summed E-state index contributed by atoms with van der Waals surface area (Å²) < 4.78 is 0. The number of likely N-dealkylation sites (tertiary alicyclic amines) is 1. The standard InChI is InChI=1S/C20H27ClN6OS/c1-3-15(19(28)26-10-6-7-11-26)29-20-23-18-16(12(2)24-25-18)17(22)27(20)14-9-5-4-8-13(14)21/h4-5,8-9,12,15-16,18,22,24-25H,3,6-7,10-11H2,1-2H3. The molecular formula is C20H27ClN6OS. The quantitative estimate of drug-likeness (QED) is 0.678. The molecule has 0 saturated carbocycles. The molecule has 4 unspecified atom stereocenters. The SMILES string of the molecule is CCC(SC1=NC2NNC(C)C2C(=N)N1c1ccccc1Cl)C(=O)N1CCCC1. The average molecular weight is 435 g/mol. The highest BCUT2D eigenvalue weighted by Gasteiger charge is 2.45. The summed E-state index contributed by atoms with van der Waals surface area (Å²) in [6.45, 7) is 5.73. The summed E-state index contributed by atoms with van der Waals surface area (Å²) in [7, 11) is 0. The normalized spacial score (nSPS) is 27.8. The molecule has 1 amide bonds. The number of rotatable bonds is 4. The number of hydrogen-bond acceptors (Lipinski definition) is 6. The molecule has 3 N–H and O–H groups in total. The maximum Gasteiger partial charge on any atom is 0.236 e. The van der Waals surface area contributed by atoms with E-state index in [2.05, 4.69) is 10.9 Å². The van der Waals surface area contributed by atoms with Crippen LogP contribution in [0.25, 0.3) is 0 Å². The number of amides is 1. The number of carbonyl (C=O) groups is 1. The van der Waals surface area contributed by atoms with Crippen molar-refractivity contribution in [1.29, 1.82) is 5.41 Å². The Hall–Kier alpha value is -1.61. The van der Waals surface area contributed by atoms with E-state index in [1.54, 1.807) is 0 Å². The molecule has 2 fully saturated rings. The Morgan fingerprint density at radius 3 is 2.76 bits per heavy atom. The van der Waals surface area contributed by atoms with E-state index < -0.39 is 0 Å². The number of nitrogens with one attached hydrogen (secondary N) is 3. The lowest BCUT2D eigenvalue weighted by Crippen LogP contribution is -2.51. The average Bonchev–Trinajstić information content (AvgIpc) is 3.37. The Kier molecular flexibility index (Phi) is 6.15. The first-order chi connectivity index (χ1) is 14.0. The minimum Gasteiger partial charge on any atom is -0.342 e. The second kappa shape index (κ2) is 8.63. The highest BCUT2D eigenvalue weighted by atomic mass is 35.5. The molecule has 7 nitrogen and oxygen atoms in total. The zero-order chi connectivity index (χ0) is 20.5. The van der Waals surface area contributed by atoms with Gasteiger partial charge in [0.1, 0.15) is 12.0 Å². The van der Waals surface area contributed by atoms with Crippen molar-refractivity contribution in [2.24, 2.45) is 10.9 Å². The highest BCUT2D eigenvalue weighted by Crippen LogP contribution is 2.36. The summed E-state index contributed by atoms with van der Waals surface area (Å²) in [5.41, 5.74) is 7.10. The van der Waals surface area contributed by atoms with Gasteiger partial charge in [0.25, 0.3) is 0 Å². The lowest BCUT2D eigenvalue weighted by atomic mass is 9.97. The Bertz CT molecular complexity index is 827. The Morgan fingerprint density at radius 1 is 1.34 bits per heavy atom. The third-order valence-electron chi connectivity index (χ3n) is 5.74. The van der Waals surface area contributed by atoms with Crippen molar-refractivity contribution in [1.82, 2.24) is 15.8 Å². The van der Waals surface area contributed by atoms with E-state index in [4.69, 9.17) is 22.0 Å². The fraction of sp³-hybridized carbons (Fsp3) is 0.550. The van der Waals surface area contributed by atoms with Gasteiger partial charge in [-0.15, -0.1) is 0 Å². The number of benzene rings is 1. The summed E-state index contributed by atoms with van der Waals surface area (Å²) in [6, 6.07) is 7.57. The molecule has 1 aromatic rings. The van der Waals surface area contributed by atoms with Crippen LogP contribution in [0, 0.1) is 11.3 Å². The molecule has 0 aromatic heterocycles. The van der Waals surface area contributed by atoms with E-state index in [9.17, 15) is 4.79 Å². The van der Waals surface area contributed by atoms with Crippen LogP contribution in [0.4, 0.5) is 5.69 Å². The van der Waals surface area contributed by atoms with Crippen LogP contribution >= 0.6 is 23.4 Å². The topological polar surface area (TPSA) is 83.8 Å². The maximum absolute atomic E-state index is 13.0. The van der Waals surface area contributed by atoms with Gasteiger partial charge in [0.15, 0.2) is 5.17 Å². The Balaban J connectivity index is 1.67. The molecule has 2 saturated heterocycles. The molecule has 0 spiro atoms. The summed E-state index contributed by atoms with van der Waals surface area (Å²) >= 11 is 7.94. The molecule has 4 rings (SSSR count). The van der Waals surface area contributed by atoms with Crippen LogP contribution in [-0.2, 0) is 4.79 Å². The smallest absolute Gasteiger partial charge is 0.236 e. The summed E-state index contributed by atoms with van der Waals surface area (Å²) in [6.07, 6.45) is 2.62. The van der Waals surface area contributed by atoms with Crippen molar-refractivity contribution in [3.05, 3.63) is 29.3 Å². The predicted octanol–water partition coefficient (Wildman–Crippen LogP) is 3.07. The van der Waals surface area contributed by atoms with Crippen molar-refractivity contribution >= 4 is 46.0 Å². The van der Waals surface area contributed by atoms with Crippen LogP contribution in [0.1, 0.15) is 33.1 Å². The minimum atomic E-state index is -0.229. The van der Waals surface area contributed by atoms with E-state index in [1.807, 2.05) is 47.9 Å².